The molecule has 0 amide bonds. The van der Waals surface area contributed by atoms with Crippen LogP contribution in [0.25, 0.3) is 0 Å². The fourth-order valence-electron chi connectivity index (χ4n) is 2.33. The Bertz CT molecular complexity index is 356. The van der Waals surface area contributed by atoms with E-state index in [1.54, 1.807) is 4.90 Å². The highest BCUT2D eigenvalue weighted by molar-refractivity contribution is 5.75. The minimum atomic E-state index is -5.01. The molecule has 0 aromatic carbocycles. The number of alkyl halides is 3. The van der Waals surface area contributed by atoms with Crippen molar-refractivity contribution in [1.29, 1.82) is 0 Å². The van der Waals surface area contributed by atoms with E-state index in [9.17, 15) is 23.1 Å². The maximum absolute atomic E-state index is 12.3. The zero-order valence-corrected chi connectivity index (χ0v) is 10.5. The minimum Gasteiger partial charge on any atom is -0.440 e. The molecule has 0 bridgehead atoms. The molecule has 0 radical (unpaired) electrons. The van der Waals surface area contributed by atoms with Gasteiger partial charge >= 0.3 is 12.1 Å². The van der Waals surface area contributed by atoms with Gasteiger partial charge in [-0.05, 0) is 13.3 Å². The smallest absolute Gasteiger partial charge is 0.440 e. The van der Waals surface area contributed by atoms with Crippen LogP contribution >= 0.6 is 0 Å². The molecule has 2 atom stereocenters. The molecule has 0 aliphatic carbocycles. The largest absolute Gasteiger partial charge is 0.490 e. The second-order valence-corrected chi connectivity index (χ2v) is 5.36. The van der Waals surface area contributed by atoms with Gasteiger partial charge in [0.2, 0.25) is 0 Å². The first-order valence-corrected chi connectivity index (χ1v) is 6.16. The monoisotopic (exact) mass is 282 g/mol. The van der Waals surface area contributed by atoms with Gasteiger partial charge in [-0.15, -0.1) is 0 Å². The molecule has 5 nitrogen and oxygen atoms in total. The van der Waals surface area contributed by atoms with Gasteiger partial charge in [0.15, 0.2) is 6.23 Å². The van der Waals surface area contributed by atoms with E-state index in [1.165, 1.54) is 6.92 Å². The number of ether oxygens (including phenoxy) is 1. The predicted molar refractivity (Wildman–Crippen MR) is 59.2 cm³/mol. The van der Waals surface area contributed by atoms with Crippen molar-refractivity contribution in [2.45, 2.75) is 43.8 Å². The quantitative estimate of drug-likeness (QED) is 0.710. The first-order chi connectivity index (χ1) is 8.69. The van der Waals surface area contributed by atoms with Crippen molar-refractivity contribution >= 4 is 5.97 Å². The van der Waals surface area contributed by atoms with Crippen LogP contribution in [0.2, 0.25) is 0 Å². The Morgan fingerprint density at radius 2 is 2.11 bits per heavy atom. The van der Waals surface area contributed by atoms with Gasteiger partial charge in [0.1, 0.15) is 0 Å². The zero-order chi connectivity index (χ0) is 14.3. The molecule has 2 aliphatic heterocycles. The summed E-state index contributed by atoms with van der Waals surface area (Å²) in [4.78, 5) is 12.7. The summed E-state index contributed by atoms with van der Waals surface area (Å²) in [5.74, 6) is -2.20. The van der Waals surface area contributed by atoms with E-state index in [0.717, 1.165) is 0 Å². The second kappa shape index (κ2) is 4.92. The van der Waals surface area contributed by atoms with Crippen LogP contribution in [-0.4, -0.2) is 59.7 Å². The standard InChI is InChI=1S/C11H17F3N2O3/c1-10(18)2-3-16(7-5-15-6-7)8(4-10)19-9(17)11(12,13)14/h7-8,15,18H,2-6H2,1H3. The highest BCUT2D eigenvalue weighted by Crippen LogP contribution is 2.31. The first-order valence-electron chi connectivity index (χ1n) is 6.16. The number of nitrogens with zero attached hydrogens (tertiary/aromatic N) is 1. The number of rotatable bonds is 2. The van der Waals surface area contributed by atoms with Crippen molar-refractivity contribution in [3.63, 3.8) is 0 Å². The molecule has 0 aromatic rings. The average molecular weight is 282 g/mol. The van der Waals surface area contributed by atoms with Crippen LogP contribution in [0.15, 0.2) is 0 Å². The third kappa shape index (κ3) is 3.37. The summed E-state index contributed by atoms with van der Waals surface area (Å²) in [5, 5.41) is 13.0. The maximum atomic E-state index is 12.3. The predicted octanol–water partition coefficient (Wildman–Crippen LogP) is 0.237. The van der Waals surface area contributed by atoms with Crippen LogP contribution in [0.1, 0.15) is 19.8 Å². The number of aliphatic hydroxyl groups is 1. The number of carbonyl (C=O) groups is 1. The van der Waals surface area contributed by atoms with E-state index >= 15 is 0 Å². The number of hydrogen-bond donors (Lipinski definition) is 2. The van der Waals surface area contributed by atoms with Gasteiger partial charge in [-0.25, -0.2) is 4.79 Å². The average Bonchev–Trinajstić information content (AvgIpc) is 2.17. The molecule has 2 rings (SSSR count). The molecule has 2 fully saturated rings. The van der Waals surface area contributed by atoms with Gasteiger partial charge < -0.3 is 15.2 Å². The van der Waals surface area contributed by atoms with Crippen LogP contribution in [0.4, 0.5) is 13.2 Å². The van der Waals surface area contributed by atoms with Gasteiger partial charge in [0, 0.05) is 32.1 Å². The van der Waals surface area contributed by atoms with Crippen molar-refractivity contribution in [2.24, 2.45) is 0 Å². The molecule has 0 aromatic heterocycles. The second-order valence-electron chi connectivity index (χ2n) is 5.36. The lowest BCUT2D eigenvalue weighted by atomic mass is 9.90. The van der Waals surface area contributed by atoms with Gasteiger partial charge in [0.05, 0.1) is 5.60 Å². The van der Waals surface area contributed by atoms with Crippen molar-refractivity contribution < 1.29 is 27.8 Å². The van der Waals surface area contributed by atoms with E-state index in [2.05, 4.69) is 10.1 Å². The summed E-state index contributed by atoms with van der Waals surface area (Å²) in [6, 6.07) is 0.0575. The van der Waals surface area contributed by atoms with E-state index < -0.39 is 24.0 Å². The number of likely N-dealkylation sites (tertiary alicyclic amines) is 1. The third-order valence-corrected chi connectivity index (χ3v) is 3.60. The van der Waals surface area contributed by atoms with Gasteiger partial charge in [-0.2, -0.15) is 13.2 Å². The molecular formula is C11H17F3N2O3. The number of piperidine rings is 1. The van der Waals surface area contributed by atoms with Crippen molar-refractivity contribution in [1.82, 2.24) is 10.2 Å². The van der Waals surface area contributed by atoms with E-state index in [4.69, 9.17) is 0 Å². The Kier molecular flexibility index (Phi) is 3.76. The normalized spacial score (nSPS) is 33.8. The summed E-state index contributed by atoms with van der Waals surface area (Å²) >= 11 is 0. The molecule has 2 heterocycles. The Morgan fingerprint density at radius 1 is 1.47 bits per heavy atom. The maximum Gasteiger partial charge on any atom is 0.490 e. The van der Waals surface area contributed by atoms with Crippen LogP contribution in [0.5, 0.6) is 0 Å². The summed E-state index contributed by atoms with van der Waals surface area (Å²) in [7, 11) is 0. The Morgan fingerprint density at radius 3 is 2.58 bits per heavy atom. The van der Waals surface area contributed by atoms with Crippen molar-refractivity contribution in [3.8, 4) is 0 Å². The molecule has 19 heavy (non-hydrogen) atoms. The van der Waals surface area contributed by atoms with Crippen LogP contribution in [0.3, 0.4) is 0 Å². The molecular weight excluding hydrogens is 265 g/mol. The third-order valence-electron chi connectivity index (χ3n) is 3.60. The SMILES string of the molecule is CC1(O)CCN(C2CNC2)C(OC(=O)C(F)(F)F)C1. The fourth-order valence-corrected chi connectivity index (χ4v) is 2.33. The number of esters is 1. The molecule has 8 heteroatoms. The van der Waals surface area contributed by atoms with Crippen LogP contribution < -0.4 is 5.32 Å². The minimum absolute atomic E-state index is 0.00861. The topological polar surface area (TPSA) is 61.8 Å². The van der Waals surface area contributed by atoms with Gasteiger partial charge in [-0.1, -0.05) is 0 Å². The lowest BCUT2D eigenvalue weighted by Crippen LogP contribution is -2.64. The molecule has 0 spiro atoms. The Balaban J connectivity index is 2.04. The van der Waals surface area contributed by atoms with Gasteiger partial charge in [-0.3, -0.25) is 4.90 Å². The number of nitrogens with one attached hydrogen (secondary N) is 1. The molecule has 0 saturated carbocycles. The highest BCUT2D eigenvalue weighted by Gasteiger charge is 2.47. The fraction of sp³-hybridized carbons (Fsp3) is 0.909. The molecule has 2 saturated heterocycles. The summed E-state index contributed by atoms with van der Waals surface area (Å²) in [6.45, 7) is 3.26. The van der Waals surface area contributed by atoms with Crippen LogP contribution in [-0.2, 0) is 9.53 Å². The zero-order valence-electron chi connectivity index (χ0n) is 10.5. The van der Waals surface area contributed by atoms with E-state index in [1.807, 2.05) is 0 Å². The van der Waals surface area contributed by atoms with E-state index in [0.29, 0.717) is 26.1 Å². The van der Waals surface area contributed by atoms with Crippen LogP contribution in [0, 0.1) is 0 Å². The lowest BCUT2D eigenvalue weighted by Gasteiger charge is -2.48. The summed E-state index contributed by atoms with van der Waals surface area (Å²) < 4.78 is 41.3. The first kappa shape index (κ1) is 14.5. The molecule has 2 aliphatic rings. The Labute approximate surface area is 108 Å². The van der Waals surface area contributed by atoms with E-state index in [-0.39, 0.29) is 12.5 Å². The summed E-state index contributed by atoms with van der Waals surface area (Å²) in [6.07, 6.45) is -5.59. The molecule has 110 valence electrons. The number of carbonyl (C=O) groups excluding carboxylic acids is 1. The Hall–Kier alpha value is -0.860. The van der Waals surface area contributed by atoms with Gasteiger partial charge in [0.25, 0.3) is 0 Å². The number of halogens is 3. The van der Waals surface area contributed by atoms with Crippen molar-refractivity contribution in [3.05, 3.63) is 0 Å². The highest BCUT2D eigenvalue weighted by atomic mass is 19.4. The molecule has 2 unspecified atom stereocenters. The van der Waals surface area contributed by atoms with Crippen molar-refractivity contribution in [2.75, 3.05) is 19.6 Å². The summed E-state index contributed by atoms with van der Waals surface area (Å²) in [5.41, 5.74) is -1.11. The number of hydrogen-bond acceptors (Lipinski definition) is 5. The lowest BCUT2D eigenvalue weighted by molar-refractivity contribution is -0.224. The molecule has 2 N–H and O–H groups in total.